The fraction of sp³-hybridized carbons (Fsp3) is 0.846. The molecule has 17 heavy (non-hydrogen) atoms. The maximum atomic E-state index is 11.4. The van der Waals surface area contributed by atoms with E-state index in [1.54, 1.807) is 0 Å². The Morgan fingerprint density at radius 2 is 1.94 bits per heavy atom. The van der Waals surface area contributed by atoms with Crippen molar-refractivity contribution in [2.24, 2.45) is 5.92 Å². The lowest BCUT2D eigenvalue weighted by Crippen LogP contribution is -2.25. The number of amides is 1. The number of ether oxygens (including phenoxy) is 1. The van der Waals surface area contributed by atoms with Crippen LogP contribution in [0.2, 0.25) is 0 Å². The first kappa shape index (κ1) is 15.9. The third kappa shape index (κ3) is 9.85. The van der Waals surface area contributed by atoms with Gasteiger partial charge in [0.25, 0.3) is 0 Å². The number of methoxy groups -OCH3 is 1. The Balaban J connectivity index is 3.33. The zero-order valence-corrected chi connectivity index (χ0v) is 11.3. The van der Waals surface area contributed by atoms with Crippen LogP contribution in [0, 0.1) is 5.92 Å². The van der Waals surface area contributed by atoms with Crippen molar-refractivity contribution >= 4 is 11.9 Å². The molecule has 0 bridgehead atoms. The first-order valence-electron chi connectivity index (χ1n) is 6.43. The van der Waals surface area contributed by atoms with Gasteiger partial charge in [-0.1, -0.05) is 26.7 Å². The molecule has 0 aromatic rings. The summed E-state index contributed by atoms with van der Waals surface area (Å²) in [6.45, 7) is 4.87. The summed E-state index contributed by atoms with van der Waals surface area (Å²) in [4.78, 5) is 22.2. The van der Waals surface area contributed by atoms with E-state index in [2.05, 4.69) is 23.9 Å². The largest absolute Gasteiger partial charge is 0.469 e. The molecule has 0 aliphatic rings. The van der Waals surface area contributed by atoms with Crippen LogP contribution in [0.3, 0.4) is 0 Å². The van der Waals surface area contributed by atoms with Gasteiger partial charge in [-0.3, -0.25) is 9.59 Å². The minimum absolute atomic E-state index is 0.132. The van der Waals surface area contributed by atoms with Crippen LogP contribution in [-0.2, 0) is 14.3 Å². The van der Waals surface area contributed by atoms with E-state index in [-0.39, 0.29) is 11.9 Å². The van der Waals surface area contributed by atoms with Crippen LogP contribution in [-0.4, -0.2) is 25.5 Å². The number of carbonyl (C=O) groups is 2. The number of rotatable bonds is 9. The maximum absolute atomic E-state index is 11.4. The van der Waals surface area contributed by atoms with Crippen molar-refractivity contribution in [3.05, 3.63) is 0 Å². The molecule has 0 radical (unpaired) electrons. The van der Waals surface area contributed by atoms with Crippen LogP contribution in [0.4, 0.5) is 0 Å². The molecule has 100 valence electrons. The first-order valence-corrected chi connectivity index (χ1v) is 6.43. The average Bonchev–Trinajstić information content (AvgIpc) is 2.32. The molecule has 1 N–H and O–H groups in total. The van der Waals surface area contributed by atoms with Gasteiger partial charge in [-0.15, -0.1) is 0 Å². The van der Waals surface area contributed by atoms with E-state index in [4.69, 9.17) is 0 Å². The number of esters is 1. The fourth-order valence-corrected chi connectivity index (χ4v) is 1.43. The highest BCUT2D eigenvalue weighted by atomic mass is 16.5. The van der Waals surface area contributed by atoms with E-state index < -0.39 is 0 Å². The fourth-order valence-electron chi connectivity index (χ4n) is 1.43. The standard InChI is InChI=1S/C13H25NO3/c1-4-11(2)10-12(15)14-9-7-5-6-8-13(16)17-3/h11H,4-10H2,1-3H3,(H,14,15). The number of hydrogen-bond donors (Lipinski definition) is 1. The maximum Gasteiger partial charge on any atom is 0.305 e. The van der Waals surface area contributed by atoms with Crippen LogP contribution in [0.1, 0.15) is 52.4 Å². The van der Waals surface area contributed by atoms with E-state index in [9.17, 15) is 9.59 Å². The van der Waals surface area contributed by atoms with Gasteiger partial charge in [-0.2, -0.15) is 0 Å². The van der Waals surface area contributed by atoms with Crippen molar-refractivity contribution in [1.82, 2.24) is 5.32 Å². The predicted molar refractivity (Wildman–Crippen MR) is 67.6 cm³/mol. The molecule has 0 spiro atoms. The summed E-state index contributed by atoms with van der Waals surface area (Å²) in [5, 5.41) is 2.89. The predicted octanol–water partition coefficient (Wildman–Crippen LogP) is 2.27. The van der Waals surface area contributed by atoms with E-state index in [0.717, 1.165) is 25.7 Å². The van der Waals surface area contributed by atoms with Gasteiger partial charge in [-0.25, -0.2) is 0 Å². The molecule has 0 aliphatic carbocycles. The molecule has 0 saturated carbocycles. The summed E-state index contributed by atoms with van der Waals surface area (Å²) in [7, 11) is 1.40. The summed E-state index contributed by atoms with van der Waals surface area (Å²) in [5.74, 6) is 0.424. The Morgan fingerprint density at radius 3 is 2.53 bits per heavy atom. The topological polar surface area (TPSA) is 55.4 Å². The Labute approximate surface area is 104 Å². The average molecular weight is 243 g/mol. The van der Waals surface area contributed by atoms with Crippen LogP contribution < -0.4 is 5.32 Å². The highest BCUT2D eigenvalue weighted by Gasteiger charge is 2.06. The summed E-state index contributed by atoms with van der Waals surface area (Å²) < 4.78 is 4.54. The molecule has 0 heterocycles. The second-order valence-electron chi connectivity index (χ2n) is 4.45. The van der Waals surface area contributed by atoms with Crippen LogP contribution in [0.5, 0.6) is 0 Å². The highest BCUT2D eigenvalue weighted by molar-refractivity contribution is 5.76. The Hall–Kier alpha value is -1.06. The van der Waals surface area contributed by atoms with E-state index >= 15 is 0 Å². The van der Waals surface area contributed by atoms with Crippen LogP contribution >= 0.6 is 0 Å². The smallest absolute Gasteiger partial charge is 0.305 e. The van der Waals surface area contributed by atoms with E-state index in [0.29, 0.717) is 25.3 Å². The van der Waals surface area contributed by atoms with Crippen molar-refractivity contribution in [3.8, 4) is 0 Å². The number of carbonyl (C=O) groups excluding carboxylic acids is 2. The Bertz CT molecular complexity index is 229. The third-order valence-electron chi connectivity index (χ3n) is 2.84. The SMILES string of the molecule is CCC(C)CC(=O)NCCCCCC(=O)OC. The van der Waals surface area contributed by atoms with Crippen molar-refractivity contribution < 1.29 is 14.3 Å². The molecule has 4 nitrogen and oxygen atoms in total. The lowest BCUT2D eigenvalue weighted by molar-refractivity contribution is -0.140. The summed E-state index contributed by atoms with van der Waals surface area (Å²) in [5.41, 5.74) is 0. The molecule has 0 aromatic heterocycles. The van der Waals surface area contributed by atoms with Gasteiger partial charge < -0.3 is 10.1 Å². The summed E-state index contributed by atoms with van der Waals surface area (Å²) in [6, 6.07) is 0. The molecule has 1 atom stereocenters. The zero-order chi connectivity index (χ0) is 13.1. The number of nitrogens with one attached hydrogen (secondary N) is 1. The molecule has 1 unspecified atom stereocenters. The van der Waals surface area contributed by atoms with E-state index in [1.165, 1.54) is 7.11 Å². The summed E-state index contributed by atoms with van der Waals surface area (Å²) in [6.07, 6.45) is 4.80. The second kappa shape index (κ2) is 10.1. The monoisotopic (exact) mass is 243 g/mol. The first-order chi connectivity index (χ1) is 8.10. The third-order valence-corrected chi connectivity index (χ3v) is 2.84. The van der Waals surface area contributed by atoms with Gasteiger partial charge in [0.1, 0.15) is 0 Å². The Kier molecular flexibility index (Phi) is 9.49. The minimum atomic E-state index is -0.161. The molecule has 4 heteroatoms. The molecule has 0 rings (SSSR count). The second-order valence-corrected chi connectivity index (χ2v) is 4.45. The van der Waals surface area contributed by atoms with Crippen molar-refractivity contribution in [2.75, 3.05) is 13.7 Å². The lowest BCUT2D eigenvalue weighted by atomic mass is 10.1. The molecular formula is C13H25NO3. The minimum Gasteiger partial charge on any atom is -0.469 e. The van der Waals surface area contributed by atoms with Crippen LogP contribution in [0.15, 0.2) is 0 Å². The molecule has 0 saturated heterocycles. The molecular weight excluding hydrogens is 218 g/mol. The lowest BCUT2D eigenvalue weighted by Gasteiger charge is -2.08. The van der Waals surface area contributed by atoms with Crippen molar-refractivity contribution in [1.29, 1.82) is 0 Å². The Morgan fingerprint density at radius 1 is 1.24 bits per heavy atom. The van der Waals surface area contributed by atoms with Crippen LogP contribution in [0.25, 0.3) is 0 Å². The van der Waals surface area contributed by atoms with Crippen molar-refractivity contribution in [2.45, 2.75) is 52.4 Å². The molecule has 0 aliphatic heterocycles. The van der Waals surface area contributed by atoms with Gasteiger partial charge in [0.2, 0.25) is 5.91 Å². The highest BCUT2D eigenvalue weighted by Crippen LogP contribution is 2.05. The van der Waals surface area contributed by atoms with Gasteiger partial charge in [0, 0.05) is 19.4 Å². The van der Waals surface area contributed by atoms with Gasteiger partial charge in [-0.05, 0) is 18.8 Å². The molecule has 0 aromatic carbocycles. The van der Waals surface area contributed by atoms with Crippen molar-refractivity contribution in [3.63, 3.8) is 0 Å². The van der Waals surface area contributed by atoms with Gasteiger partial charge in [0.15, 0.2) is 0 Å². The molecule has 1 amide bonds. The van der Waals surface area contributed by atoms with Gasteiger partial charge >= 0.3 is 5.97 Å². The van der Waals surface area contributed by atoms with E-state index in [1.807, 2.05) is 0 Å². The number of unbranched alkanes of at least 4 members (excludes halogenated alkanes) is 2. The quantitative estimate of drug-likeness (QED) is 0.499. The molecule has 0 fully saturated rings. The van der Waals surface area contributed by atoms with Gasteiger partial charge in [0.05, 0.1) is 7.11 Å². The zero-order valence-electron chi connectivity index (χ0n) is 11.3. The summed E-state index contributed by atoms with van der Waals surface area (Å²) >= 11 is 0. The normalized spacial score (nSPS) is 11.9. The number of hydrogen-bond acceptors (Lipinski definition) is 3.